The van der Waals surface area contributed by atoms with Gasteiger partial charge in [-0.1, -0.05) is 12.8 Å². The molecule has 1 saturated carbocycles. The molecule has 3 nitrogen and oxygen atoms in total. The highest BCUT2D eigenvalue weighted by molar-refractivity contribution is 8.00. The van der Waals surface area contributed by atoms with Gasteiger partial charge in [0, 0.05) is 23.5 Å². The molecule has 2 rings (SSSR count). The Labute approximate surface area is 127 Å². The highest BCUT2D eigenvalue weighted by atomic mass is 32.2. The Balaban J connectivity index is 1.82. The summed E-state index contributed by atoms with van der Waals surface area (Å²) in [5.74, 6) is -1.67. The number of rotatable bonds is 5. The molecule has 1 fully saturated rings. The number of aliphatic hydroxyl groups is 1. The molecule has 1 aliphatic carbocycles. The van der Waals surface area contributed by atoms with Crippen LogP contribution in [0.15, 0.2) is 23.1 Å². The van der Waals surface area contributed by atoms with Crippen molar-refractivity contribution in [2.24, 2.45) is 5.92 Å². The quantitative estimate of drug-likeness (QED) is 0.822. The number of halogens is 2. The Kier molecular flexibility index (Phi) is 5.99. The van der Waals surface area contributed by atoms with E-state index in [1.54, 1.807) is 0 Å². The lowest BCUT2D eigenvalue weighted by molar-refractivity contribution is -0.120. The van der Waals surface area contributed by atoms with Gasteiger partial charge in [-0.25, -0.2) is 8.78 Å². The van der Waals surface area contributed by atoms with Crippen LogP contribution in [0.2, 0.25) is 0 Å². The van der Waals surface area contributed by atoms with Crippen molar-refractivity contribution >= 4 is 17.7 Å². The zero-order valence-electron chi connectivity index (χ0n) is 11.6. The molecular weight excluding hydrogens is 296 g/mol. The van der Waals surface area contributed by atoms with E-state index in [0.29, 0.717) is 4.90 Å². The molecule has 0 spiro atoms. The Morgan fingerprint density at radius 1 is 1.29 bits per heavy atom. The van der Waals surface area contributed by atoms with E-state index in [2.05, 4.69) is 5.32 Å². The lowest BCUT2D eigenvalue weighted by atomic mass is 9.85. The van der Waals surface area contributed by atoms with Crippen molar-refractivity contribution in [3.63, 3.8) is 0 Å². The molecule has 0 radical (unpaired) electrons. The van der Waals surface area contributed by atoms with Gasteiger partial charge in [-0.2, -0.15) is 0 Å². The predicted octanol–water partition coefficient (Wildman–Crippen LogP) is 2.72. The molecule has 1 aromatic rings. The first-order valence-corrected chi connectivity index (χ1v) is 8.07. The third kappa shape index (κ3) is 4.68. The van der Waals surface area contributed by atoms with Gasteiger partial charge < -0.3 is 10.4 Å². The monoisotopic (exact) mass is 315 g/mol. The maximum Gasteiger partial charge on any atom is 0.230 e. The fraction of sp³-hybridized carbons (Fsp3) is 0.533. The summed E-state index contributed by atoms with van der Waals surface area (Å²) >= 11 is 1.17. The van der Waals surface area contributed by atoms with Crippen LogP contribution < -0.4 is 5.32 Å². The van der Waals surface area contributed by atoms with Crippen LogP contribution in [0.4, 0.5) is 8.78 Å². The minimum Gasteiger partial charge on any atom is -0.396 e. The Bertz CT molecular complexity index is 499. The normalized spacial score (nSPS) is 22.0. The van der Waals surface area contributed by atoms with Gasteiger partial charge in [-0.15, -0.1) is 11.8 Å². The van der Waals surface area contributed by atoms with E-state index in [1.165, 1.54) is 17.8 Å². The minimum atomic E-state index is -0.909. The fourth-order valence-electron chi connectivity index (χ4n) is 2.58. The molecular formula is C15H19F2NO2S. The average molecular weight is 315 g/mol. The van der Waals surface area contributed by atoms with Gasteiger partial charge in [0.2, 0.25) is 5.91 Å². The summed E-state index contributed by atoms with van der Waals surface area (Å²) < 4.78 is 25.9. The van der Waals surface area contributed by atoms with E-state index in [4.69, 9.17) is 0 Å². The molecule has 6 heteroatoms. The van der Waals surface area contributed by atoms with Gasteiger partial charge in [-0.3, -0.25) is 4.79 Å². The number of thioether (sulfide) groups is 1. The molecule has 0 aromatic heterocycles. The third-order valence-corrected chi connectivity index (χ3v) is 4.74. The van der Waals surface area contributed by atoms with Crippen molar-refractivity contribution in [1.29, 1.82) is 0 Å². The zero-order valence-corrected chi connectivity index (χ0v) is 12.5. The number of carbonyl (C=O) groups is 1. The molecule has 1 aromatic carbocycles. The standard InChI is InChI=1S/C15H19F2NO2S/c16-12-6-5-11(7-13(12)17)21-9-15(20)18-14-4-2-1-3-10(14)8-19/h5-7,10,14,19H,1-4,8-9H2,(H,18,20). The summed E-state index contributed by atoms with van der Waals surface area (Å²) in [6.07, 6.45) is 3.95. The maximum atomic E-state index is 13.1. The van der Waals surface area contributed by atoms with E-state index in [-0.39, 0.29) is 30.2 Å². The molecule has 2 unspecified atom stereocenters. The number of benzene rings is 1. The van der Waals surface area contributed by atoms with E-state index in [1.807, 2.05) is 0 Å². The lowest BCUT2D eigenvalue weighted by Crippen LogP contribution is -2.44. The van der Waals surface area contributed by atoms with Crippen molar-refractivity contribution in [3.05, 3.63) is 29.8 Å². The summed E-state index contributed by atoms with van der Waals surface area (Å²) in [4.78, 5) is 12.4. The predicted molar refractivity (Wildman–Crippen MR) is 78.1 cm³/mol. The van der Waals surface area contributed by atoms with Crippen LogP contribution in [0, 0.1) is 17.6 Å². The lowest BCUT2D eigenvalue weighted by Gasteiger charge is -2.30. The van der Waals surface area contributed by atoms with Crippen LogP contribution in [-0.4, -0.2) is 29.4 Å². The molecule has 0 saturated heterocycles. The summed E-state index contributed by atoms with van der Waals surface area (Å²) in [5.41, 5.74) is 0. The Morgan fingerprint density at radius 3 is 2.76 bits per heavy atom. The first kappa shape index (κ1) is 16.2. The van der Waals surface area contributed by atoms with Crippen LogP contribution >= 0.6 is 11.8 Å². The van der Waals surface area contributed by atoms with Gasteiger partial charge >= 0.3 is 0 Å². The largest absolute Gasteiger partial charge is 0.396 e. The molecule has 2 atom stereocenters. The van der Waals surface area contributed by atoms with E-state index >= 15 is 0 Å². The van der Waals surface area contributed by atoms with Crippen molar-refractivity contribution < 1.29 is 18.7 Å². The Hall–Kier alpha value is -1.14. The number of hydrogen-bond acceptors (Lipinski definition) is 3. The number of amides is 1. The Morgan fingerprint density at radius 2 is 2.05 bits per heavy atom. The van der Waals surface area contributed by atoms with Gasteiger partial charge in [0.1, 0.15) is 0 Å². The fourth-order valence-corrected chi connectivity index (χ4v) is 3.31. The number of nitrogens with one attached hydrogen (secondary N) is 1. The minimum absolute atomic E-state index is 0.0156. The second-order valence-corrected chi connectivity index (χ2v) is 6.31. The second-order valence-electron chi connectivity index (χ2n) is 5.27. The summed E-state index contributed by atoms with van der Waals surface area (Å²) in [6.45, 7) is 0.0846. The highest BCUT2D eigenvalue weighted by Crippen LogP contribution is 2.25. The van der Waals surface area contributed by atoms with Gasteiger partial charge in [-0.05, 0) is 31.0 Å². The first-order valence-electron chi connectivity index (χ1n) is 7.08. The van der Waals surface area contributed by atoms with Crippen LogP contribution in [0.25, 0.3) is 0 Å². The topological polar surface area (TPSA) is 49.3 Å². The maximum absolute atomic E-state index is 13.1. The number of aliphatic hydroxyl groups excluding tert-OH is 1. The molecule has 1 aliphatic rings. The van der Waals surface area contributed by atoms with Gasteiger partial charge in [0.15, 0.2) is 11.6 Å². The summed E-state index contributed by atoms with van der Waals surface area (Å²) in [6, 6.07) is 3.61. The summed E-state index contributed by atoms with van der Waals surface area (Å²) in [7, 11) is 0. The van der Waals surface area contributed by atoms with E-state index < -0.39 is 11.6 Å². The average Bonchev–Trinajstić information content (AvgIpc) is 2.49. The number of hydrogen-bond donors (Lipinski definition) is 2. The molecule has 0 aliphatic heterocycles. The first-order chi connectivity index (χ1) is 10.1. The van der Waals surface area contributed by atoms with Gasteiger partial charge in [0.05, 0.1) is 5.75 Å². The molecule has 0 heterocycles. The molecule has 21 heavy (non-hydrogen) atoms. The van der Waals surface area contributed by atoms with Crippen LogP contribution in [0.5, 0.6) is 0 Å². The van der Waals surface area contributed by atoms with Crippen molar-refractivity contribution in [2.75, 3.05) is 12.4 Å². The van der Waals surface area contributed by atoms with E-state index in [9.17, 15) is 18.7 Å². The molecule has 0 bridgehead atoms. The van der Waals surface area contributed by atoms with Crippen molar-refractivity contribution in [2.45, 2.75) is 36.6 Å². The zero-order chi connectivity index (χ0) is 15.2. The van der Waals surface area contributed by atoms with E-state index in [0.717, 1.165) is 37.8 Å². The third-order valence-electron chi connectivity index (χ3n) is 3.75. The second kappa shape index (κ2) is 7.75. The van der Waals surface area contributed by atoms with Gasteiger partial charge in [0.25, 0.3) is 0 Å². The van der Waals surface area contributed by atoms with Crippen LogP contribution in [-0.2, 0) is 4.79 Å². The molecule has 116 valence electrons. The van der Waals surface area contributed by atoms with Crippen LogP contribution in [0.1, 0.15) is 25.7 Å². The smallest absolute Gasteiger partial charge is 0.230 e. The van der Waals surface area contributed by atoms with Crippen LogP contribution in [0.3, 0.4) is 0 Å². The molecule has 2 N–H and O–H groups in total. The molecule has 1 amide bonds. The van der Waals surface area contributed by atoms with Crippen molar-refractivity contribution in [1.82, 2.24) is 5.32 Å². The highest BCUT2D eigenvalue weighted by Gasteiger charge is 2.25. The van der Waals surface area contributed by atoms with Crippen molar-refractivity contribution in [3.8, 4) is 0 Å². The number of carbonyl (C=O) groups excluding carboxylic acids is 1. The SMILES string of the molecule is O=C(CSc1ccc(F)c(F)c1)NC1CCCCC1CO. The summed E-state index contributed by atoms with van der Waals surface area (Å²) in [5, 5.41) is 12.2.